The third-order valence-electron chi connectivity index (χ3n) is 6.52. The van der Waals surface area contributed by atoms with Gasteiger partial charge in [-0.3, -0.25) is 0 Å². The van der Waals surface area contributed by atoms with E-state index in [0.717, 1.165) is 72.3 Å². The van der Waals surface area contributed by atoms with Crippen molar-refractivity contribution < 1.29 is 9.47 Å². The zero-order chi connectivity index (χ0) is 24.4. The molecule has 6 nitrogen and oxygen atoms in total. The number of nitrogens with one attached hydrogen (secondary N) is 1. The second-order valence-corrected chi connectivity index (χ2v) is 9.25. The van der Waals surface area contributed by atoms with Crippen molar-refractivity contribution in [2.75, 3.05) is 6.54 Å². The molecule has 186 valence electrons. The lowest BCUT2D eigenvalue weighted by Gasteiger charge is -2.15. The maximum atomic E-state index is 6.22. The predicted octanol–water partition coefficient (Wildman–Crippen LogP) is 5.49. The van der Waals surface area contributed by atoms with Crippen molar-refractivity contribution in [1.82, 2.24) is 20.1 Å². The van der Waals surface area contributed by atoms with Gasteiger partial charge in [-0.05, 0) is 41.7 Å². The van der Waals surface area contributed by atoms with Gasteiger partial charge in [-0.1, -0.05) is 73.2 Å². The number of benzene rings is 3. The standard InChI is InChI=1S/C30H34N4O2/c1-4-10-24(11-5-1)22-35-27-16-15-26(20-28(27)36-23-25-12-6-2-7-13-25)21-31-18-17-30-33-32-29-14-8-3-9-19-34(29)30/h1-2,4-7,10-13,15-16,20,31H,3,8-9,14,17-19,21-23H2. The smallest absolute Gasteiger partial charge is 0.162 e. The molecule has 3 aromatic carbocycles. The van der Waals surface area contributed by atoms with Gasteiger partial charge in [-0.2, -0.15) is 0 Å². The average molecular weight is 483 g/mol. The monoisotopic (exact) mass is 482 g/mol. The number of aryl methyl sites for hydroxylation is 1. The Hall–Kier alpha value is -3.64. The van der Waals surface area contributed by atoms with Crippen LogP contribution < -0.4 is 14.8 Å². The van der Waals surface area contributed by atoms with Crippen LogP contribution in [-0.4, -0.2) is 21.3 Å². The Morgan fingerprint density at radius 3 is 2.19 bits per heavy atom. The summed E-state index contributed by atoms with van der Waals surface area (Å²) < 4.78 is 14.7. The molecule has 0 unspecified atom stereocenters. The summed E-state index contributed by atoms with van der Waals surface area (Å²) in [6.45, 7) is 3.65. The van der Waals surface area contributed by atoms with Crippen molar-refractivity contribution in [2.45, 2.75) is 58.4 Å². The quantitative estimate of drug-likeness (QED) is 0.286. The zero-order valence-corrected chi connectivity index (χ0v) is 20.7. The zero-order valence-electron chi connectivity index (χ0n) is 20.7. The fourth-order valence-electron chi connectivity index (χ4n) is 4.53. The van der Waals surface area contributed by atoms with E-state index in [4.69, 9.17) is 9.47 Å². The van der Waals surface area contributed by atoms with Crippen molar-refractivity contribution >= 4 is 0 Å². The lowest BCUT2D eigenvalue weighted by atomic mass is 10.2. The van der Waals surface area contributed by atoms with Crippen molar-refractivity contribution in [2.24, 2.45) is 0 Å². The highest BCUT2D eigenvalue weighted by Gasteiger charge is 2.14. The van der Waals surface area contributed by atoms with Crippen molar-refractivity contribution in [3.63, 3.8) is 0 Å². The molecule has 6 heteroatoms. The second kappa shape index (κ2) is 12.4. The van der Waals surface area contributed by atoms with Crippen LogP contribution in [0.25, 0.3) is 0 Å². The summed E-state index contributed by atoms with van der Waals surface area (Å²) in [7, 11) is 0. The minimum absolute atomic E-state index is 0.497. The van der Waals surface area contributed by atoms with Crippen molar-refractivity contribution in [3.8, 4) is 11.5 Å². The van der Waals surface area contributed by atoms with E-state index in [1.807, 2.05) is 42.5 Å². The predicted molar refractivity (Wildman–Crippen MR) is 141 cm³/mol. The molecule has 0 spiro atoms. The molecule has 0 aliphatic carbocycles. The lowest BCUT2D eigenvalue weighted by molar-refractivity contribution is 0.255. The molecule has 0 saturated heterocycles. The summed E-state index contributed by atoms with van der Waals surface area (Å²) in [5.74, 6) is 3.76. The maximum absolute atomic E-state index is 6.22. The van der Waals surface area contributed by atoms with Gasteiger partial charge in [0.15, 0.2) is 11.5 Å². The highest BCUT2D eigenvalue weighted by atomic mass is 16.5. The molecule has 36 heavy (non-hydrogen) atoms. The SMILES string of the molecule is c1ccc(COc2ccc(CNCCc3nnc4n3CCCCC4)cc2OCc2ccccc2)cc1. The number of nitrogens with zero attached hydrogens (tertiary/aromatic N) is 3. The van der Waals surface area contributed by atoms with Crippen LogP contribution in [0, 0.1) is 0 Å². The fraction of sp³-hybridized carbons (Fsp3) is 0.333. The van der Waals surface area contributed by atoms with Gasteiger partial charge in [0.2, 0.25) is 0 Å². The molecule has 0 fully saturated rings. The van der Waals surface area contributed by atoms with E-state index in [1.54, 1.807) is 0 Å². The first-order valence-electron chi connectivity index (χ1n) is 12.9. The van der Waals surface area contributed by atoms with Gasteiger partial charge in [0.25, 0.3) is 0 Å². The Morgan fingerprint density at radius 1 is 0.722 bits per heavy atom. The molecule has 1 aliphatic heterocycles. The first-order valence-corrected chi connectivity index (χ1v) is 12.9. The number of rotatable bonds is 11. The first-order chi connectivity index (χ1) is 17.8. The summed E-state index contributed by atoms with van der Waals surface area (Å²) in [6.07, 6.45) is 5.64. The number of ether oxygens (including phenoxy) is 2. The largest absolute Gasteiger partial charge is 0.485 e. The minimum atomic E-state index is 0.497. The summed E-state index contributed by atoms with van der Waals surface area (Å²) in [6, 6.07) is 26.6. The van der Waals surface area contributed by atoms with E-state index in [9.17, 15) is 0 Å². The number of hydrogen-bond acceptors (Lipinski definition) is 5. The lowest BCUT2D eigenvalue weighted by Crippen LogP contribution is -2.19. The highest BCUT2D eigenvalue weighted by molar-refractivity contribution is 5.43. The van der Waals surface area contributed by atoms with Gasteiger partial charge in [0.1, 0.15) is 24.9 Å². The van der Waals surface area contributed by atoms with Crippen molar-refractivity contribution in [3.05, 3.63) is 107 Å². The molecule has 0 saturated carbocycles. The second-order valence-electron chi connectivity index (χ2n) is 9.25. The normalized spacial score (nSPS) is 13.1. The molecule has 0 radical (unpaired) electrons. The average Bonchev–Trinajstić information content (AvgIpc) is 3.15. The Kier molecular flexibility index (Phi) is 8.26. The van der Waals surface area contributed by atoms with E-state index in [1.165, 1.54) is 19.3 Å². The maximum Gasteiger partial charge on any atom is 0.162 e. The topological polar surface area (TPSA) is 61.2 Å². The van der Waals surface area contributed by atoms with Crippen molar-refractivity contribution in [1.29, 1.82) is 0 Å². The fourth-order valence-corrected chi connectivity index (χ4v) is 4.53. The number of aromatic nitrogens is 3. The van der Waals surface area contributed by atoms with Crippen LogP contribution in [-0.2, 0) is 39.1 Å². The van der Waals surface area contributed by atoms with Gasteiger partial charge >= 0.3 is 0 Å². The van der Waals surface area contributed by atoms with Gasteiger partial charge in [0.05, 0.1) is 0 Å². The molecule has 2 heterocycles. The van der Waals surface area contributed by atoms with Crippen LogP contribution in [0.1, 0.15) is 47.6 Å². The van der Waals surface area contributed by atoms with Crippen LogP contribution in [0.2, 0.25) is 0 Å². The highest BCUT2D eigenvalue weighted by Crippen LogP contribution is 2.30. The minimum Gasteiger partial charge on any atom is -0.485 e. The van der Waals surface area contributed by atoms with E-state index in [2.05, 4.69) is 56.5 Å². The van der Waals surface area contributed by atoms with Gasteiger partial charge in [-0.15, -0.1) is 10.2 Å². The molecule has 0 atom stereocenters. The summed E-state index contributed by atoms with van der Waals surface area (Å²) in [4.78, 5) is 0. The molecule has 0 amide bonds. The van der Waals surface area contributed by atoms with Gasteiger partial charge < -0.3 is 19.4 Å². The van der Waals surface area contributed by atoms with Crippen LogP contribution >= 0.6 is 0 Å². The number of hydrogen-bond donors (Lipinski definition) is 1. The third kappa shape index (κ3) is 6.52. The van der Waals surface area contributed by atoms with E-state index < -0.39 is 0 Å². The van der Waals surface area contributed by atoms with E-state index >= 15 is 0 Å². The summed E-state index contributed by atoms with van der Waals surface area (Å²) in [5, 5.41) is 12.4. The molecule has 1 N–H and O–H groups in total. The molecular formula is C30H34N4O2. The van der Waals surface area contributed by atoms with Gasteiger partial charge in [-0.25, -0.2) is 0 Å². The number of fused-ring (bicyclic) bond motifs is 1. The van der Waals surface area contributed by atoms with Crippen LogP contribution in [0.5, 0.6) is 11.5 Å². The molecule has 1 aliphatic rings. The summed E-state index contributed by atoms with van der Waals surface area (Å²) in [5.41, 5.74) is 3.41. The van der Waals surface area contributed by atoms with Crippen LogP contribution in [0.4, 0.5) is 0 Å². The van der Waals surface area contributed by atoms with Gasteiger partial charge in [0, 0.05) is 32.5 Å². The van der Waals surface area contributed by atoms with E-state index in [-0.39, 0.29) is 0 Å². The molecule has 0 bridgehead atoms. The Morgan fingerprint density at radius 2 is 1.44 bits per heavy atom. The summed E-state index contributed by atoms with van der Waals surface area (Å²) >= 11 is 0. The van der Waals surface area contributed by atoms with E-state index in [0.29, 0.717) is 13.2 Å². The Balaban J connectivity index is 1.20. The van der Waals surface area contributed by atoms with Crippen LogP contribution in [0.15, 0.2) is 78.9 Å². The Labute approximate surface area is 213 Å². The third-order valence-corrected chi connectivity index (χ3v) is 6.52. The molecule has 4 aromatic rings. The van der Waals surface area contributed by atoms with Crippen LogP contribution in [0.3, 0.4) is 0 Å². The molecule has 1 aromatic heterocycles. The first kappa shape index (κ1) is 24.1. The molecule has 5 rings (SSSR count). The molecular weight excluding hydrogens is 448 g/mol. The Bertz CT molecular complexity index is 1220.